The van der Waals surface area contributed by atoms with Crippen molar-refractivity contribution in [1.82, 2.24) is 14.5 Å². The van der Waals surface area contributed by atoms with Crippen LogP contribution in [0.4, 0.5) is 4.39 Å². The molecule has 4 rings (SSSR count). The second kappa shape index (κ2) is 10.2. The van der Waals surface area contributed by atoms with Crippen molar-refractivity contribution in [2.75, 3.05) is 13.2 Å². The van der Waals surface area contributed by atoms with Gasteiger partial charge in [-0.3, -0.25) is 9.59 Å². The Morgan fingerprint density at radius 2 is 1.97 bits per heavy atom. The first kappa shape index (κ1) is 23.0. The van der Waals surface area contributed by atoms with E-state index in [-0.39, 0.29) is 23.4 Å². The second-order valence-electron chi connectivity index (χ2n) is 7.83. The lowest BCUT2D eigenvalue weighted by Gasteiger charge is -2.25. The van der Waals surface area contributed by atoms with Crippen molar-refractivity contribution in [3.05, 3.63) is 102 Å². The molecule has 1 N–H and O–H groups in total. The van der Waals surface area contributed by atoms with Gasteiger partial charge in [-0.15, -0.1) is 0 Å². The zero-order valence-corrected chi connectivity index (χ0v) is 18.4. The lowest BCUT2D eigenvalue weighted by molar-refractivity contribution is -0.139. The third kappa shape index (κ3) is 4.76. The first-order chi connectivity index (χ1) is 16.5. The van der Waals surface area contributed by atoms with E-state index in [0.717, 1.165) is 0 Å². The fourth-order valence-electron chi connectivity index (χ4n) is 3.99. The first-order valence-electron chi connectivity index (χ1n) is 10.8. The van der Waals surface area contributed by atoms with Crippen LogP contribution in [0.3, 0.4) is 0 Å². The standard InChI is InChI=1S/C26H24FN3O4/c1-2-15-34-21-6-3-5-19(16-21)23-22(24(31)18-7-9-20(27)10-8-18)25(32)26(33)30(23)13-4-12-29-14-11-28-17-29/h2-3,5-11,14,16-17,23,31H,1,4,12-13,15H2/t23-/m0/s1. The number of rotatable bonds is 9. The van der Waals surface area contributed by atoms with Crippen LogP contribution >= 0.6 is 0 Å². The molecule has 0 bridgehead atoms. The SMILES string of the molecule is C=CCOc1cccc([C@H]2C(=C(O)c3ccc(F)cc3)C(=O)C(=O)N2CCCn2ccnc2)c1. The number of benzene rings is 2. The van der Waals surface area contributed by atoms with Crippen molar-refractivity contribution in [3.8, 4) is 5.75 Å². The third-order valence-corrected chi connectivity index (χ3v) is 5.57. The molecule has 1 amide bonds. The van der Waals surface area contributed by atoms with Gasteiger partial charge in [0.1, 0.15) is 23.9 Å². The Hall–Kier alpha value is -4.20. The fourth-order valence-corrected chi connectivity index (χ4v) is 3.99. The van der Waals surface area contributed by atoms with Crippen molar-refractivity contribution in [2.24, 2.45) is 0 Å². The number of amides is 1. The van der Waals surface area contributed by atoms with E-state index in [0.29, 0.717) is 30.9 Å². The molecule has 1 atom stereocenters. The number of halogens is 1. The van der Waals surface area contributed by atoms with Gasteiger partial charge in [-0.25, -0.2) is 9.37 Å². The van der Waals surface area contributed by atoms with Gasteiger partial charge in [0, 0.05) is 31.0 Å². The molecule has 2 heterocycles. The van der Waals surface area contributed by atoms with Crippen molar-refractivity contribution in [1.29, 1.82) is 0 Å². The minimum Gasteiger partial charge on any atom is -0.507 e. The van der Waals surface area contributed by atoms with Gasteiger partial charge in [-0.1, -0.05) is 24.8 Å². The summed E-state index contributed by atoms with van der Waals surface area (Å²) >= 11 is 0. The number of likely N-dealkylation sites (tertiary alicyclic amines) is 1. The van der Waals surface area contributed by atoms with Crippen LogP contribution in [0.15, 0.2) is 85.5 Å². The molecule has 1 aliphatic heterocycles. The number of imidazole rings is 1. The summed E-state index contributed by atoms with van der Waals surface area (Å²) in [7, 11) is 0. The summed E-state index contributed by atoms with van der Waals surface area (Å²) < 4.78 is 20.9. The van der Waals surface area contributed by atoms with Gasteiger partial charge in [-0.05, 0) is 48.4 Å². The van der Waals surface area contributed by atoms with E-state index < -0.39 is 23.5 Å². The summed E-state index contributed by atoms with van der Waals surface area (Å²) in [6.07, 6.45) is 7.36. The average molecular weight is 461 g/mol. The highest BCUT2D eigenvalue weighted by Gasteiger charge is 2.45. The molecule has 2 aromatic carbocycles. The summed E-state index contributed by atoms with van der Waals surface area (Å²) in [5.41, 5.74) is 0.828. The average Bonchev–Trinajstić information content (AvgIpc) is 3.45. The van der Waals surface area contributed by atoms with Gasteiger partial charge in [0.2, 0.25) is 0 Å². The molecule has 1 fully saturated rings. The Kier molecular flexibility index (Phi) is 6.87. The van der Waals surface area contributed by atoms with Crippen LogP contribution < -0.4 is 4.74 Å². The Bertz CT molecular complexity index is 1220. The molecule has 0 unspecified atom stereocenters. The topological polar surface area (TPSA) is 84.7 Å². The van der Waals surface area contributed by atoms with E-state index in [2.05, 4.69) is 11.6 Å². The molecule has 8 heteroatoms. The highest BCUT2D eigenvalue weighted by molar-refractivity contribution is 6.46. The van der Waals surface area contributed by atoms with E-state index in [1.807, 2.05) is 10.8 Å². The predicted molar refractivity (Wildman–Crippen MR) is 124 cm³/mol. The molecule has 3 aromatic rings. The highest BCUT2D eigenvalue weighted by Crippen LogP contribution is 2.40. The number of aryl methyl sites for hydroxylation is 1. The van der Waals surface area contributed by atoms with E-state index >= 15 is 0 Å². The number of hydrogen-bond donors (Lipinski definition) is 1. The summed E-state index contributed by atoms with van der Waals surface area (Å²) in [6.45, 7) is 4.83. The molecule has 0 spiro atoms. The number of aromatic nitrogens is 2. The Morgan fingerprint density at radius 1 is 1.18 bits per heavy atom. The molecule has 0 aliphatic carbocycles. The lowest BCUT2D eigenvalue weighted by atomic mass is 9.95. The Labute approximate surface area is 196 Å². The van der Waals surface area contributed by atoms with Gasteiger partial charge in [0.15, 0.2) is 0 Å². The van der Waals surface area contributed by atoms with Gasteiger partial charge >= 0.3 is 0 Å². The molecule has 1 aromatic heterocycles. The predicted octanol–water partition coefficient (Wildman–Crippen LogP) is 4.10. The highest BCUT2D eigenvalue weighted by atomic mass is 19.1. The maximum absolute atomic E-state index is 13.4. The maximum atomic E-state index is 13.4. The number of hydrogen-bond acceptors (Lipinski definition) is 5. The molecule has 34 heavy (non-hydrogen) atoms. The van der Waals surface area contributed by atoms with Crippen molar-refractivity contribution in [2.45, 2.75) is 19.0 Å². The number of nitrogens with zero attached hydrogens (tertiary/aromatic N) is 3. The van der Waals surface area contributed by atoms with Crippen LogP contribution in [0, 0.1) is 5.82 Å². The maximum Gasteiger partial charge on any atom is 0.295 e. The third-order valence-electron chi connectivity index (χ3n) is 5.57. The monoisotopic (exact) mass is 461 g/mol. The minimum absolute atomic E-state index is 0.0416. The van der Waals surface area contributed by atoms with Crippen LogP contribution in [0.25, 0.3) is 5.76 Å². The molecule has 1 saturated heterocycles. The minimum atomic E-state index is -0.819. The lowest BCUT2D eigenvalue weighted by Crippen LogP contribution is -2.31. The van der Waals surface area contributed by atoms with Crippen LogP contribution in [0.1, 0.15) is 23.6 Å². The zero-order valence-electron chi connectivity index (χ0n) is 18.4. The van der Waals surface area contributed by atoms with Gasteiger partial charge in [-0.2, -0.15) is 0 Å². The second-order valence-corrected chi connectivity index (χ2v) is 7.83. The van der Waals surface area contributed by atoms with Crippen LogP contribution in [0.5, 0.6) is 5.75 Å². The summed E-state index contributed by atoms with van der Waals surface area (Å²) in [4.78, 5) is 31.6. The molecule has 0 radical (unpaired) electrons. The Morgan fingerprint density at radius 3 is 2.68 bits per heavy atom. The van der Waals surface area contributed by atoms with Crippen molar-refractivity contribution in [3.63, 3.8) is 0 Å². The van der Waals surface area contributed by atoms with E-state index in [1.165, 1.54) is 29.2 Å². The van der Waals surface area contributed by atoms with E-state index in [1.54, 1.807) is 42.9 Å². The largest absolute Gasteiger partial charge is 0.507 e. The number of carbonyl (C=O) groups excluding carboxylic acids is 2. The van der Waals surface area contributed by atoms with Crippen molar-refractivity contribution < 1.29 is 23.8 Å². The molecule has 174 valence electrons. The number of carbonyl (C=O) groups is 2. The number of aliphatic hydroxyl groups is 1. The van der Waals surface area contributed by atoms with Crippen LogP contribution in [0.2, 0.25) is 0 Å². The first-order valence-corrected chi connectivity index (χ1v) is 10.8. The molecular formula is C26H24FN3O4. The molecular weight excluding hydrogens is 437 g/mol. The quantitative estimate of drug-likeness (QED) is 0.225. The van der Waals surface area contributed by atoms with Gasteiger partial charge in [0.05, 0.1) is 17.9 Å². The van der Waals surface area contributed by atoms with Crippen LogP contribution in [-0.2, 0) is 16.1 Å². The van der Waals surface area contributed by atoms with Crippen LogP contribution in [-0.4, -0.2) is 44.4 Å². The smallest absolute Gasteiger partial charge is 0.295 e. The fraction of sp³-hybridized carbons (Fsp3) is 0.192. The normalized spacial score (nSPS) is 17.2. The number of ether oxygens (including phenoxy) is 1. The number of Topliss-reactive ketones (excluding diaryl/α,β-unsaturated/α-hetero) is 1. The number of aliphatic hydroxyl groups excluding tert-OH is 1. The molecule has 1 aliphatic rings. The van der Waals surface area contributed by atoms with E-state index in [9.17, 15) is 19.1 Å². The molecule has 7 nitrogen and oxygen atoms in total. The summed E-state index contributed by atoms with van der Waals surface area (Å²) in [6, 6.07) is 11.3. The van der Waals surface area contributed by atoms with Gasteiger partial charge in [0.25, 0.3) is 11.7 Å². The Balaban J connectivity index is 1.73. The summed E-state index contributed by atoms with van der Waals surface area (Å²) in [5, 5.41) is 11.0. The number of ketones is 1. The van der Waals surface area contributed by atoms with Crippen molar-refractivity contribution >= 4 is 17.4 Å². The zero-order chi connectivity index (χ0) is 24.1. The van der Waals surface area contributed by atoms with E-state index in [4.69, 9.17) is 4.74 Å². The molecule has 0 saturated carbocycles. The van der Waals surface area contributed by atoms with Gasteiger partial charge < -0.3 is 19.3 Å². The summed E-state index contributed by atoms with van der Waals surface area (Å²) in [5.74, 6) is -1.76.